The first-order valence-electron chi connectivity index (χ1n) is 4.91. The number of hydrogen-bond acceptors (Lipinski definition) is 1. The van der Waals surface area contributed by atoms with Gasteiger partial charge in [0.15, 0.2) is 0 Å². The summed E-state index contributed by atoms with van der Waals surface area (Å²) in [4.78, 5) is 14.5. The number of hydrogen-bond donors (Lipinski definition) is 1. The Morgan fingerprint density at radius 2 is 2.29 bits per heavy atom. The molecule has 0 spiro atoms. The molecule has 0 radical (unpaired) electrons. The summed E-state index contributed by atoms with van der Waals surface area (Å²) in [5.41, 5.74) is 1.72. The van der Waals surface area contributed by atoms with E-state index in [0.717, 1.165) is 29.6 Å². The standard InChI is InChI=1S/C11H14N2O/c1-3-5-13-6-4-9-7-8(2)12-11(14)10(9)13/h4,6-7H,3,5H2,1-2H3,(H,12,14). The normalized spacial score (nSPS) is 11.0. The van der Waals surface area contributed by atoms with Gasteiger partial charge in [0.25, 0.3) is 5.56 Å². The molecule has 0 aromatic carbocycles. The smallest absolute Gasteiger partial charge is 0.272 e. The Kier molecular flexibility index (Phi) is 2.15. The largest absolute Gasteiger partial charge is 0.343 e. The van der Waals surface area contributed by atoms with E-state index in [1.165, 1.54) is 0 Å². The Hall–Kier alpha value is -1.51. The van der Waals surface area contributed by atoms with Crippen LogP contribution in [0.15, 0.2) is 23.1 Å². The van der Waals surface area contributed by atoms with Crippen molar-refractivity contribution in [2.75, 3.05) is 0 Å². The lowest BCUT2D eigenvalue weighted by atomic mass is 10.3. The van der Waals surface area contributed by atoms with Gasteiger partial charge in [-0.15, -0.1) is 0 Å². The van der Waals surface area contributed by atoms with Crippen molar-refractivity contribution in [3.8, 4) is 0 Å². The highest BCUT2D eigenvalue weighted by atomic mass is 16.1. The molecule has 3 heteroatoms. The van der Waals surface area contributed by atoms with Crippen molar-refractivity contribution in [3.05, 3.63) is 34.4 Å². The Labute approximate surface area is 82.4 Å². The molecule has 2 rings (SSSR count). The first-order chi connectivity index (χ1) is 6.72. The molecule has 0 aliphatic heterocycles. The third-order valence-electron chi connectivity index (χ3n) is 2.36. The Balaban J connectivity index is 2.73. The molecule has 0 fully saturated rings. The first kappa shape index (κ1) is 9.06. The monoisotopic (exact) mass is 190 g/mol. The van der Waals surface area contributed by atoms with Crippen LogP contribution in [0.1, 0.15) is 19.0 Å². The molecule has 74 valence electrons. The summed E-state index contributed by atoms with van der Waals surface area (Å²) in [5.74, 6) is 0. The maximum absolute atomic E-state index is 11.7. The average molecular weight is 190 g/mol. The van der Waals surface area contributed by atoms with Crippen molar-refractivity contribution in [1.82, 2.24) is 9.55 Å². The molecule has 1 N–H and O–H groups in total. The number of aromatic amines is 1. The number of H-pyrrole nitrogens is 1. The maximum Gasteiger partial charge on any atom is 0.272 e. The van der Waals surface area contributed by atoms with Crippen LogP contribution in [0.3, 0.4) is 0 Å². The number of nitrogens with one attached hydrogen (secondary N) is 1. The zero-order valence-corrected chi connectivity index (χ0v) is 8.50. The fourth-order valence-electron chi connectivity index (χ4n) is 1.80. The van der Waals surface area contributed by atoms with E-state index >= 15 is 0 Å². The summed E-state index contributed by atoms with van der Waals surface area (Å²) >= 11 is 0. The highest BCUT2D eigenvalue weighted by Crippen LogP contribution is 2.12. The molecule has 14 heavy (non-hydrogen) atoms. The van der Waals surface area contributed by atoms with Gasteiger partial charge in [0, 0.05) is 23.8 Å². The van der Waals surface area contributed by atoms with Crippen molar-refractivity contribution in [2.45, 2.75) is 26.8 Å². The summed E-state index contributed by atoms with van der Waals surface area (Å²) in [5, 5.41) is 1.03. The number of fused-ring (bicyclic) bond motifs is 1. The van der Waals surface area contributed by atoms with Gasteiger partial charge in [-0.25, -0.2) is 0 Å². The van der Waals surface area contributed by atoms with Crippen LogP contribution >= 0.6 is 0 Å². The summed E-state index contributed by atoms with van der Waals surface area (Å²) in [6.07, 6.45) is 3.01. The van der Waals surface area contributed by atoms with Gasteiger partial charge in [-0.05, 0) is 25.5 Å². The minimum Gasteiger partial charge on any atom is -0.343 e. The summed E-state index contributed by atoms with van der Waals surface area (Å²) in [6, 6.07) is 4.00. The van der Waals surface area contributed by atoms with E-state index in [-0.39, 0.29) is 5.56 Å². The van der Waals surface area contributed by atoms with Gasteiger partial charge >= 0.3 is 0 Å². The zero-order valence-electron chi connectivity index (χ0n) is 8.50. The Morgan fingerprint density at radius 1 is 1.50 bits per heavy atom. The number of aryl methyl sites for hydroxylation is 2. The fraction of sp³-hybridized carbons (Fsp3) is 0.364. The molecule has 0 atom stereocenters. The molecular weight excluding hydrogens is 176 g/mol. The molecule has 0 aliphatic carbocycles. The van der Waals surface area contributed by atoms with Crippen LogP contribution in [-0.2, 0) is 6.54 Å². The second-order valence-corrected chi connectivity index (χ2v) is 3.59. The van der Waals surface area contributed by atoms with E-state index in [4.69, 9.17) is 0 Å². The van der Waals surface area contributed by atoms with Crippen LogP contribution in [0.5, 0.6) is 0 Å². The third-order valence-corrected chi connectivity index (χ3v) is 2.36. The van der Waals surface area contributed by atoms with Crippen LogP contribution in [0.25, 0.3) is 10.9 Å². The molecule has 0 saturated heterocycles. The van der Waals surface area contributed by atoms with Crippen LogP contribution in [-0.4, -0.2) is 9.55 Å². The molecule has 0 amide bonds. The zero-order chi connectivity index (χ0) is 10.1. The van der Waals surface area contributed by atoms with E-state index < -0.39 is 0 Å². The van der Waals surface area contributed by atoms with Crippen molar-refractivity contribution < 1.29 is 0 Å². The lowest BCUT2D eigenvalue weighted by molar-refractivity contribution is 0.701. The fourth-order valence-corrected chi connectivity index (χ4v) is 1.80. The Morgan fingerprint density at radius 3 is 3.00 bits per heavy atom. The predicted octanol–water partition coefficient (Wildman–Crippen LogP) is 2.05. The minimum absolute atomic E-state index is 0.0125. The van der Waals surface area contributed by atoms with Crippen molar-refractivity contribution in [1.29, 1.82) is 0 Å². The number of nitrogens with zero attached hydrogens (tertiary/aromatic N) is 1. The first-order valence-corrected chi connectivity index (χ1v) is 4.91. The summed E-state index contributed by atoms with van der Waals surface area (Å²) in [6.45, 7) is 4.90. The van der Waals surface area contributed by atoms with E-state index in [1.807, 2.05) is 29.8 Å². The predicted molar refractivity (Wildman–Crippen MR) is 57.6 cm³/mol. The number of pyridine rings is 1. The van der Waals surface area contributed by atoms with Crippen LogP contribution in [0.4, 0.5) is 0 Å². The van der Waals surface area contributed by atoms with Gasteiger partial charge in [0.1, 0.15) is 5.52 Å². The summed E-state index contributed by atoms with van der Waals surface area (Å²) in [7, 11) is 0. The van der Waals surface area contributed by atoms with Crippen molar-refractivity contribution >= 4 is 10.9 Å². The topological polar surface area (TPSA) is 37.8 Å². The molecule has 2 aromatic heterocycles. The molecule has 0 unspecified atom stereocenters. The SMILES string of the molecule is CCCn1ccc2cc(C)[nH]c(=O)c21. The molecule has 0 saturated carbocycles. The lowest BCUT2D eigenvalue weighted by Crippen LogP contribution is -2.11. The number of rotatable bonds is 2. The maximum atomic E-state index is 11.7. The van der Waals surface area contributed by atoms with E-state index in [9.17, 15) is 4.79 Å². The molecule has 0 aliphatic rings. The second kappa shape index (κ2) is 3.33. The lowest BCUT2D eigenvalue weighted by Gasteiger charge is -2.01. The molecule has 0 bridgehead atoms. The minimum atomic E-state index is 0.0125. The van der Waals surface area contributed by atoms with Gasteiger partial charge in [0.05, 0.1) is 0 Å². The third kappa shape index (κ3) is 1.35. The van der Waals surface area contributed by atoms with E-state index in [2.05, 4.69) is 11.9 Å². The highest BCUT2D eigenvalue weighted by Gasteiger charge is 2.04. The van der Waals surface area contributed by atoms with Crippen LogP contribution in [0.2, 0.25) is 0 Å². The molecular formula is C11H14N2O. The van der Waals surface area contributed by atoms with Crippen molar-refractivity contribution in [2.24, 2.45) is 0 Å². The molecule has 2 heterocycles. The van der Waals surface area contributed by atoms with Crippen molar-refractivity contribution in [3.63, 3.8) is 0 Å². The van der Waals surface area contributed by atoms with Gasteiger partial charge in [-0.3, -0.25) is 4.79 Å². The second-order valence-electron chi connectivity index (χ2n) is 3.59. The quantitative estimate of drug-likeness (QED) is 0.773. The van der Waals surface area contributed by atoms with E-state index in [1.54, 1.807) is 0 Å². The van der Waals surface area contributed by atoms with Gasteiger partial charge in [-0.1, -0.05) is 6.92 Å². The van der Waals surface area contributed by atoms with Gasteiger partial charge in [-0.2, -0.15) is 0 Å². The van der Waals surface area contributed by atoms with Gasteiger partial charge < -0.3 is 9.55 Å². The van der Waals surface area contributed by atoms with Crippen LogP contribution in [0, 0.1) is 6.92 Å². The molecule has 2 aromatic rings. The molecule has 3 nitrogen and oxygen atoms in total. The van der Waals surface area contributed by atoms with E-state index in [0.29, 0.717) is 0 Å². The Bertz CT molecular complexity index is 507. The highest BCUT2D eigenvalue weighted by molar-refractivity contribution is 5.79. The summed E-state index contributed by atoms with van der Waals surface area (Å²) < 4.78 is 2.01. The number of aromatic nitrogens is 2. The average Bonchev–Trinajstić information content (AvgIpc) is 2.49. The van der Waals surface area contributed by atoms with Gasteiger partial charge in [0.2, 0.25) is 0 Å². The van der Waals surface area contributed by atoms with Crippen LogP contribution < -0.4 is 5.56 Å².